The molecule has 1 aromatic rings. The van der Waals surface area contributed by atoms with E-state index in [1.165, 1.54) is 12.4 Å². The van der Waals surface area contributed by atoms with Crippen molar-refractivity contribution in [1.82, 2.24) is 15.3 Å². The van der Waals surface area contributed by atoms with E-state index < -0.39 is 17.4 Å². The maximum absolute atomic E-state index is 11.7. The van der Waals surface area contributed by atoms with Crippen LogP contribution in [0.3, 0.4) is 0 Å². The Kier molecular flexibility index (Phi) is 2.34. The molecule has 0 spiro atoms. The Balaban J connectivity index is 2.12. The van der Waals surface area contributed by atoms with Crippen molar-refractivity contribution in [3.8, 4) is 0 Å². The van der Waals surface area contributed by atoms with Gasteiger partial charge in [0.05, 0.1) is 0 Å². The van der Waals surface area contributed by atoms with Crippen LogP contribution in [0.1, 0.15) is 29.0 Å². The molecular formula is C10H11N3O3. The molecule has 2 rings (SSSR count). The first-order valence-electron chi connectivity index (χ1n) is 4.88. The molecule has 84 valence electrons. The van der Waals surface area contributed by atoms with Crippen molar-refractivity contribution in [3.63, 3.8) is 0 Å². The molecular weight excluding hydrogens is 210 g/mol. The summed E-state index contributed by atoms with van der Waals surface area (Å²) in [4.78, 5) is 30.2. The molecule has 0 aliphatic heterocycles. The van der Waals surface area contributed by atoms with E-state index in [1.54, 1.807) is 6.92 Å². The molecule has 0 atom stereocenters. The highest BCUT2D eigenvalue weighted by molar-refractivity contribution is 5.97. The van der Waals surface area contributed by atoms with Crippen molar-refractivity contribution >= 4 is 11.9 Å². The third kappa shape index (κ3) is 1.86. The third-order valence-electron chi connectivity index (χ3n) is 2.55. The number of nitrogens with one attached hydrogen (secondary N) is 1. The van der Waals surface area contributed by atoms with Crippen molar-refractivity contribution < 1.29 is 14.7 Å². The van der Waals surface area contributed by atoms with Gasteiger partial charge in [0.25, 0.3) is 5.91 Å². The minimum absolute atomic E-state index is 0.194. The van der Waals surface area contributed by atoms with Crippen LogP contribution >= 0.6 is 0 Å². The fourth-order valence-corrected chi connectivity index (χ4v) is 1.38. The molecule has 1 fully saturated rings. The lowest BCUT2D eigenvalue weighted by Crippen LogP contribution is -2.43. The molecule has 1 aromatic heterocycles. The lowest BCUT2D eigenvalue weighted by Gasteiger charge is -2.11. The summed E-state index contributed by atoms with van der Waals surface area (Å²) in [5.74, 6) is -1.46. The molecule has 0 radical (unpaired) electrons. The fourth-order valence-electron chi connectivity index (χ4n) is 1.38. The number of amides is 1. The molecule has 0 bridgehead atoms. The predicted molar refractivity (Wildman–Crippen MR) is 53.8 cm³/mol. The number of carboxylic acids is 1. The number of nitrogens with zero attached hydrogens (tertiary/aromatic N) is 2. The average Bonchev–Trinajstić information content (AvgIpc) is 2.99. The number of aliphatic carboxylic acids is 1. The van der Waals surface area contributed by atoms with Gasteiger partial charge in [-0.05, 0) is 25.8 Å². The second-order valence-corrected chi connectivity index (χ2v) is 3.89. The fraction of sp³-hybridized carbons (Fsp3) is 0.400. The van der Waals surface area contributed by atoms with Gasteiger partial charge in [-0.3, -0.25) is 4.79 Å². The summed E-state index contributed by atoms with van der Waals surface area (Å²) in [6.07, 6.45) is 2.22. The maximum atomic E-state index is 11.7. The van der Waals surface area contributed by atoms with Crippen LogP contribution in [-0.2, 0) is 4.79 Å². The summed E-state index contributed by atoms with van der Waals surface area (Å²) in [6, 6.07) is 1.52. The molecule has 1 heterocycles. The van der Waals surface area contributed by atoms with Crippen LogP contribution in [0.4, 0.5) is 0 Å². The molecule has 0 unspecified atom stereocenters. The van der Waals surface area contributed by atoms with Gasteiger partial charge in [-0.1, -0.05) is 0 Å². The zero-order valence-electron chi connectivity index (χ0n) is 8.73. The summed E-state index contributed by atoms with van der Waals surface area (Å²) >= 11 is 0. The van der Waals surface area contributed by atoms with Gasteiger partial charge in [0, 0.05) is 5.69 Å². The van der Waals surface area contributed by atoms with Crippen LogP contribution in [0.5, 0.6) is 0 Å². The molecule has 0 saturated heterocycles. The molecule has 0 aromatic carbocycles. The number of carbonyl (C=O) groups excluding carboxylic acids is 1. The van der Waals surface area contributed by atoms with Gasteiger partial charge in [-0.25, -0.2) is 14.8 Å². The molecule has 6 heteroatoms. The van der Waals surface area contributed by atoms with E-state index in [9.17, 15) is 9.59 Å². The van der Waals surface area contributed by atoms with Crippen molar-refractivity contribution in [3.05, 3.63) is 23.8 Å². The Morgan fingerprint density at radius 2 is 2.12 bits per heavy atom. The monoisotopic (exact) mass is 221 g/mol. The van der Waals surface area contributed by atoms with E-state index in [4.69, 9.17) is 5.11 Å². The van der Waals surface area contributed by atoms with E-state index in [2.05, 4.69) is 15.3 Å². The maximum Gasteiger partial charge on any atom is 0.329 e. The first-order chi connectivity index (χ1) is 7.53. The highest BCUT2D eigenvalue weighted by Gasteiger charge is 2.51. The van der Waals surface area contributed by atoms with Gasteiger partial charge in [0.1, 0.15) is 17.6 Å². The van der Waals surface area contributed by atoms with Crippen molar-refractivity contribution in [2.24, 2.45) is 0 Å². The normalized spacial score (nSPS) is 16.6. The first-order valence-corrected chi connectivity index (χ1v) is 4.88. The van der Waals surface area contributed by atoms with Crippen molar-refractivity contribution in [2.75, 3.05) is 0 Å². The second kappa shape index (κ2) is 3.55. The van der Waals surface area contributed by atoms with E-state index in [-0.39, 0.29) is 5.69 Å². The Morgan fingerprint density at radius 3 is 2.62 bits per heavy atom. The Labute approximate surface area is 91.7 Å². The van der Waals surface area contributed by atoms with Crippen molar-refractivity contribution in [2.45, 2.75) is 25.3 Å². The van der Waals surface area contributed by atoms with E-state index in [0.29, 0.717) is 18.5 Å². The first kappa shape index (κ1) is 10.5. The van der Waals surface area contributed by atoms with Crippen molar-refractivity contribution in [1.29, 1.82) is 0 Å². The number of carbonyl (C=O) groups is 2. The molecule has 1 aliphatic carbocycles. The number of rotatable bonds is 3. The Bertz CT molecular complexity index is 454. The van der Waals surface area contributed by atoms with Gasteiger partial charge in [0.15, 0.2) is 0 Å². The van der Waals surface area contributed by atoms with Crippen LogP contribution in [-0.4, -0.2) is 32.5 Å². The minimum Gasteiger partial charge on any atom is -0.480 e. The Morgan fingerprint density at radius 1 is 1.44 bits per heavy atom. The van der Waals surface area contributed by atoms with E-state index in [0.717, 1.165) is 0 Å². The van der Waals surface area contributed by atoms with Gasteiger partial charge >= 0.3 is 5.97 Å². The van der Waals surface area contributed by atoms with Crippen LogP contribution in [0.2, 0.25) is 0 Å². The average molecular weight is 221 g/mol. The van der Waals surface area contributed by atoms with Crippen LogP contribution in [0.25, 0.3) is 0 Å². The predicted octanol–water partition coefficient (Wildman–Crippen LogP) is 0.132. The number of carboxylic acid groups (broad SMARTS) is 1. The second-order valence-electron chi connectivity index (χ2n) is 3.89. The number of hydrogen-bond acceptors (Lipinski definition) is 4. The van der Waals surface area contributed by atoms with Gasteiger partial charge in [0.2, 0.25) is 0 Å². The minimum atomic E-state index is -1.07. The van der Waals surface area contributed by atoms with Gasteiger partial charge in [-0.15, -0.1) is 0 Å². The molecule has 1 saturated carbocycles. The zero-order valence-corrected chi connectivity index (χ0v) is 8.73. The molecule has 2 N–H and O–H groups in total. The largest absolute Gasteiger partial charge is 0.480 e. The Hall–Kier alpha value is -1.98. The lowest BCUT2D eigenvalue weighted by molar-refractivity contribution is -0.140. The third-order valence-corrected chi connectivity index (χ3v) is 2.55. The summed E-state index contributed by atoms with van der Waals surface area (Å²) < 4.78 is 0. The highest BCUT2D eigenvalue weighted by Crippen LogP contribution is 2.35. The zero-order chi connectivity index (χ0) is 11.8. The van der Waals surface area contributed by atoms with E-state index in [1.807, 2.05) is 0 Å². The summed E-state index contributed by atoms with van der Waals surface area (Å²) in [7, 11) is 0. The molecule has 6 nitrogen and oxygen atoms in total. The molecule has 16 heavy (non-hydrogen) atoms. The number of aryl methyl sites for hydroxylation is 1. The molecule has 1 aliphatic rings. The standard InChI is InChI=1S/C10H11N3O3/c1-6-4-7(12-5-11-6)8(14)13-10(2-3-10)9(15)16/h4-5H,2-3H2,1H3,(H,13,14)(H,15,16). The van der Waals surface area contributed by atoms with Crippen LogP contribution in [0, 0.1) is 6.92 Å². The summed E-state index contributed by atoms with van der Waals surface area (Å²) in [6.45, 7) is 1.74. The number of hydrogen-bond donors (Lipinski definition) is 2. The van der Waals surface area contributed by atoms with E-state index >= 15 is 0 Å². The smallest absolute Gasteiger partial charge is 0.329 e. The quantitative estimate of drug-likeness (QED) is 0.757. The highest BCUT2D eigenvalue weighted by atomic mass is 16.4. The van der Waals surface area contributed by atoms with Gasteiger partial charge < -0.3 is 10.4 Å². The van der Waals surface area contributed by atoms with Crippen LogP contribution in [0.15, 0.2) is 12.4 Å². The van der Waals surface area contributed by atoms with Gasteiger partial charge in [-0.2, -0.15) is 0 Å². The SMILES string of the molecule is Cc1cc(C(=O)NC2(C(=O)O)CC2)ncn1. The molecule has 1 amide bonds. The topological polar surface area (TPSA) is 92.2 Å². The summed E-state index contributed by atoms with van der Waals surface area (Å²) in [5, 5.41) is 11.4. The van der Waals surface area contributed by atoms with Crippen LogP contribution < -0.4 is 5.32 Å². The number of aromatic nitrogens is 2. The summed E-state index contributed by atoms with van der Waals surface area (Å²) in [5.41, 5.74) is -0.212. The lowest BCUT2D eigenvalue weighted by atomic mass is 10.2.